The van der Waals surface area contributed by atoms with Crippen LogP contribution in [-0.2, 0) is 4.79 Å². The van der Waals surface area contributed by atoms with Gasteiger partial charge in [-0.3, -0.25) is 20.3 Å². The van der Waals surface area contributed by atoms with Gasteiger partial charge in [0.1, 0.15) is 4.88 Å². The first-order valence-corrected chi connectivity index (χ1v) is 8.80. The van der Waals surface area contributed by atoms with Gasteiger partial charge in [-0.1, -0.05) is 29.5 Å². The van der Waals surface area contributed by atoms with Gasteiger partial charge in [0, 0.05) is 17.4 Å². The number of fused-ring (bicyclic) bond motifs is 1. The van der Waals surface area contributed by atoms with Gasteiger partial charge >= 0.3 is 0 Å². The van der Waals surface area contributed by atoms with E-state index in [-0.39, 0.29) is 16.7 Å². The lowest BCUT2D eigenvalue weighted by Crippen LogP contribution is -2.22. The Balaban J connectivity index is 1.57. The number of aromatic nitrogens is 1. The molecule has 0 radical (unpaired) electrons. The first kappa shape index (κ1) is 17.5. The lowest BCUT2D eigenvalue weighted by molar-refractivity contribution is -0.384. The van der Waals surface area contributed by atoms with Crippen LogP contribution in [0.2, 0.25) is 0 Å². The summed E-state index contributed by atoms with van der Waals surface area (Å²) in [5, 5.41) is 26.3. The molecule has 1 aliphatic heterocycles. The van der Waals surface area contributed by atoms with Crippen molar-refractivity contribution in [3.05, 3.63) is 79.7 Å². The van der Waals surface area contributed by atoms with Gasteiger partial charge in [-0.2, -0.15) is 10.1 Å². The van der Waals surface area contributed by atoms with E-state index in [0.29, 0.717) is 26.6 Å². The fourth-order valence-electron chi connectivity index (χ4n) is 2.65. The van der Waals surface area contributed by atoms with Crippen LogP contribution in [0.5, 0.6) is 5.88 Å². The number of anilines is 1. The number of carbonyl (C=O) groups excluding carboxylic acids is 1. The van der Waals surface area contributed by atoms with Crippen LogP contribution in [0, 0.1) is 10.1 Å². The first-order valence-electron chi connectivity index (χ1n) is 7.99. The molecule has 10 heteroatoms. The zero-order valence-electron chi connectivity index (χ0n) is 14.1. The Labute approximate surface area is 161 Å². The number of hydrazone groups is 1. The van der Waals surface area contributed by atoms with E-state index < -0.39 is 10.8 Å². The van der Waals surface area contributed by atoms with Crippen LogP contribution in [0.3, 0.4) is 0 Å². The van der Waals surface area contributed by atoms with Crippen LogP contribution in [0.25, 0.3) is 5.57 Å². The minimum absolute atomic E-state index is 0.0106. The highest BCUT2D eigenvalue weighted by atomic mass is 32.1. The maximum atomic E-state index is 12.2. The maximum absolute atomic E-state index is 12.2. The third-order valence-electron chi connectivity index (χ3n) is 3.92. The lowest BCUT2D eigenvalue weighted by atomic mass is 10.1. The largest absolute Gasteiger partial charge is 0.492 e. The predicted molar refractivity (Wildman–Crippen MR) is 103 cm³/mol. The van der Waals surface area contributed by atoms with Gasteiger partial charge in [0.05, 0.1) is 22.1 Å². The average Bonchev–Trinajstić information content (AvgIpc) is 3.20. The molecular weight excluding hydrogens is 382 g/mol. The SMILES string of the molecule is O=C1N=c2ccccc2=C1c1sc(N/N=C\c2ccc([N+](=O)[O-])cc2)nc1O. The fourth-order valence-corrected chi connectivity index (χ4v) is 3.51. The second-order valence-corrected chi connectivity index (χ2v) is 6.70. The molecule has 0 unspecified atom stereocenters. The quantitative estimate of drug-likeness (QED) is 0.384. The van der Waals surface area contributed by atoms with Gasteiger partial charge in [-0.25, -0.2) is 4.99 Å². The number of aromatic hydroxyl groups is 1. The Morgan fingerprint density at radius 3 is 2.68 bits per heavy atom. The van der Waals surface area contributed by atoms with E-state index in [4.69, 9.17) is 0 Å². The smallest absolute Gasteiger partial charge is 0.279 e. The lowest BCUT2D eigenvalue weighted by Gasteiger charge is -1.95. The molecule has 0 aliphatic carbocycles. The molecule has 0 atom stereocenters. The molecular formula is C18H11N5O4S. The summed E-state index contributed by atoms with van der Waals surface area (Å²) < 4.78 is 0. The summed E-state index contributed by atoms with van der Waals surface area (Å²) in [7, 11) is 0. The zero-order valence-corrected chi connectivity index (χ0v) is 14.9. The summed E-state index contributed by atoms with van der Waals surface area (Å²) in [6.45, 7) is 0. The number of benzene rings is 2. The van der Waals surface area contributed by atoms with Crippen LogP contribution < -0.4 is 16.0 Å². The number of nitrogens with one attached hydrogen (secondary N) is 1. The highest BCUT2D eigenvalue weighted by molar-refractivity contribution is 7.17. The second-order valence-electron chi connectivity index (χ2n) is 5.70. The van der Waals surface area contributed by atoms with Gasteiger partial charge in [0.25, 0.3) is 11.6 Å². The number of nitrogens with zero attached hydrogens (tertiary/aromatic N) is 4. The summed E-state index contributed by atoms with van der Waals surface area (Å²) in [4.78, 5) is 30.7. The van der Waals surface area contributed by atoms with Gasteiger partial charge in [-0.15, -0.1) is 0 Å². The van der Waals surface area contributed by atoms with Crippen molar-refractivity contribution in [2.45, 2.75) is 0 Å². The molecule has 28 heavy (non-hydrogen) atoms. The van der Waals surface area contributed by atoms with Gasteiger partial charge in [0.15, 0.2) is 0 Å². The van der Waals surface area contributed by atoms with Crippen LogP contribution in [0.1, 0.15) is 10.4 Å². The minimum Gasteiger partial charge on any atom is -0.492 e. The van der Waals surface area contributed by atoms with Crippen LogP contribution in [-0.4, -0.2) is 27.1 Å². The third-order valence-corrected chi connectivity index (χ3v) is 4.89. The van der Waals surface area contributed by atoms with E-state index in [1.165, 1.54) is 18.3 Å². The van der Waals surface area contributed by atoms with E-state index in [1.807, 2.05) is 0 Å². The van der Waals surface area contributed by atoms with Crippen molar-refractivity contribution >= 4 is 39.9 Å². The monoisotopic (exact) mass is 393 g/mol. The topological polar surface area (TPSA) is 130 Å². The van der Waals surface area contributed by atoms with Gasteiger partial charge < -0.3 is 5.11 Å². The molecule has 9 nitrogen and oxygen atoms in total. The van der Waals surface area contributed by atoms with Crippen molar-refractivity contribution in [3.8, 4) is 5.88 Å². The highest BCUT2D eigenvalue weighted by Gasteiger charge is 2.24. The summed E-state index contributed by atoms with van der Waals surface area (Å²) in [6, 6.07) is 12.9. The number of amides is 1. The summed E-state index contributed by atoms with van der Waals surface area (Å²) in [5.41, 5.74) is 3.62. The zero-order chi connectivity index (χ0) is 19.7. The first-order chi connectivity index (χ1) is 13.5. The van der Waals surface area contributed by atoms with Crippen molar-refractivity contribution in [3.63, 3.8) is 0 Å². The molecule has 0 saturated heterocycles. The molecule has 2 heterocycles. The summed E-state index contributed by atoms with van der Waals surface area (Å²) >= 11 is 1.07. The Morgan fingerprint density at radius 2 is 1.93 bits per heavy atom. The standard InChI is InChI=1S/C18H11N5O4S/c24-16-14(12-3-1-2-4-13(12)20-16)15-17(25)21-18(28-15)22-19-9-10-5-7-11(8-6-10)23(26)27/h1-9,25H,(H,21,22)/b19-9-. The average molecular weight is 393 g/mol. The molecule has 1 aromatic heterocycles. The molecule has 2 aromatic carbocycles. The predicted octanol–water partition coefficient (Wildman–Crippen LogP) is 1.56. The molecule has 1 amide bonds. The summed E-state index contributed by atoms with van der Waals surface area (Å²) in [5.74, 6) is -0.714. The third kappa shape index (κ3) is 3.23. The number of carbonyl (C=O) groups is 1. The molecule has 2 N–H and O–H groups in total. The van der Waals surface area contributed by atoms with Crippen molar-refractivity contribution < 1.29 is 14.8 Å². The highest BCUT2D eigenvalue weighted by Crippen LogP contribution is 2.33. The van der Waals surface area contributed by atoms with E-state index in [0.717, 1.165) is 11.3 Å². The molecule has 138 valence electrons. The number of para-hydroxylation sites is 1. The molecule has 0 saturated carbocycles. The van der Waals surface area contributed by atoms with Crippen molar-refractivity contribution in [2.75, 3.05) is 5.43 Å². The maximum Gasteiger partial charge on any atom is 0.279 e. The van der Waals surface area contributed by atoms with Crippen molar-refractivity contribution in [2.24, 2.45) is 10.1 Å². The van der Waals surface area contributed by atoms with E-state index in [1.54, 1.807) is 36.4 Å². The van der Waals surface area contributed by atoms with Gasteiger partial charge in [0.2, 0.25) is 11.0 Å². The fraction of sp³-hybridized carbons (Fsp3) is 0. The number of rotatable bonds is 5. The van der Waals surface area contributed by atoms with Gasteiger partial charge in [-0.05, 0) is 23.8 Å². The second kappa shape index (κ2) is 7.00. The normalized spacial score (nSPS) is 12.9. The van der Waals surface area contributed by atoms with E-state index in [2.05, 4.69) is 20.5 Å². The number of nitro groups is 1. The molecule has 4 rings (SSSR count). The Kier molecular flexibility index (Phi) is 4.38. The number of non-ortho nitro benzene ring substituents is 1. The molecule has 0 bridgehead atoms. The summed E-state index contributed by atoms with van der Waals surface area (Å²) in [6.07, 6.45) is 1.46. The van der Waals surface area contributed by atoms with E-state index >= 15 is 0 Å². The minimum atomic E-state index is -0.481. The van der Waals surface area contributed by atoms with E-state index in [9.17, 15) is 20.0 Å². The number of hydrogen-bond acceptors (Lipinski definition) is 8. The molecule has 0 spiro atoms. The Bertz CT molecular complexity index is 1250. The van der Waals surface area contributed by atoms with Crippen LogP contribution in [0.4, 0.5) is 10.8 Å². The Hall–Kier alpha value is -3.92. The molecule has 3 aromatic rings. The number of nitro benzene ring substituents is 1. The number of thiazole rings is 1. The Morgan fingerprint density at radius 1 is 1.18 bits per heavy atom. The van der Waals surface area contributed by atoms with Crippen LogP contribution in [0.15, 0.2) is 58.6 Å². The van der Waals surface area contributed by atoms with Crippen LogP contribution >= 0.6 is 11.3 Å². The molecule has 1 aliphatic rings. The number of hydrogen-bond donors (Lipinski definition) is 2. The van der Waals surface area contributed by atoms with Crippen molar-refractivity contribution in [1.29, 1.82) is 0 Å². The molecule has 0 fully saturated rings. The van der Waals surface area contributed by atoms with Crippen molar-refractivity contribution in [1.82, 2.24) is 4.98 Å².